The predicted octanol–water partition coefficient (Wildman–Crippen LogP) is 0.649. The van der Waals surface area contributed by atoms with E-state index in [1.807, 2.05) is 41.1 Å². The van der Waals surface area contributed by atoms with Gasteiger partial charge < -0.3 is 14.7 Å². The number of aromatic amines is 1. The second kappa shape index (κ2) is 6.65. The molecule has 154 valence electrons. The molecule has 6 rings (SSSR count). The van der Waals surface area contributed by atoms with Gasteiger partial charge in [-0.25, -0.2) is 0 Å². The van der Waals surface area contributed by atoms with Gasteiger partial charge in [0, 0.05) is 46.3 Å². The van der Waals surface area contributed by atoms with E-state index in [1.54, 1.807) is 12.4 Å². The number of carbonyl (C=O) groups is 2. The summed E-state index contributed by atoms with van der Waals surface area (Å²) in [4.78, 5) is 33.7. The molecule has 7 nitrogen and oxygen atoms in total. The van der Waals surface area contributed by atoms with Gasteiger partial charge in [-0.15, -0.1) is 0 Å². The summed E-state index contributed by atoms with van der Waals surface area (Å²) in [5.74, 6) is -0.781. The number of aliphatic imine (C=N–C) groups is 1. The lowest BCUT2D eigenvalue weighted by Crippen LogP contribution is -2.39. The van der Waals surface area contributed by atoms with Gasteiger partial charge in [-0.05, 0) is 29.3 Å². The molecule has 31 heavy (non-hydrogen) atoms. The van der Waals surface area contributed by atoms with E-state index >= 15 is 0 Å². The number of fused-ring (bicyclic) bond motifs is 1. The Hall–Kier alpha value is -3.71. The zero-order valence-electron chi connectivity index (χ0n) is 16.6. The number of benzene rings is 1. The SMILES string of the molecule is O=C1NC(=O)C(C2C=NCC3=c4c(ccn42)=CCC3CO)=C1c1c[nH]c2ccccc12. The number of hydrogen-bond donors (Lipinski definition) is 3. The molecule has 2 atom stereocenters. The minimum absolute atomic E-state index is 0.0122. The number of carbonyl (C=O) groups excluding carboxylic acids is 2. The summed E-state index contributed by atoms with van der Waals surface area (Å²) in [5.41, 5.74) is 3.45. The van der Waals surface area contributed by atoms with Crippen LogP contribution in [0, 0.1) is 5.92 Å². The van der Waals surface area contributed by atoms with E-state index < -0.39 is 17.9 Å². The summed E-state index contributed by atoms with van der Waals surface area (Å²) < 4.78 is 2.02. The second-order valence-electron chi connectivity index (χ2n) is 8.13. The average Bonchev–Trinajstić information content (AvgIpc) is 3.43. The van der Waals surface area contributed by atoms with Crippen LogP contribution in [0.25, 0.3) is 28.1 Å². The molecular formula is C24H20N4O3. The predicted molar refractivity (Wildman–Crippen MR) is 118 cm³/mol. The van der Waals surface area contributed by atoms with Crippen molar-refractivity contribution in [2.45, 2.75) is 12.5 Å². The summed E-state index contributed by atoms with van der Waals surface area (Å²) in [6.45, 7) is 0.525. The Morgan fingerprint density at radius 3 is 2.90 bits per heavy atom. The number of rotatable bonds is 3. The highest BCUT2D eigenvalue weighted by Gasteiger charge is 2.38. The molecule has 3 aromatic rings. The maximum absolute atomic E-state index is 13.0. The first-order valence-electron chi connectivity index (χ1n) is 10.3. The molecule has 2 amide bonds. The molecule has 0 saturated heterocycles. The topological polar surface area (TPSA) is 99.5 Å². The van der Waals surface area contributed by atoms with Crippen molar-refractivity contribution < 1.29 is 14.7 Å². The lowest BCUT2D eigenvalue weighted by Gasteiger charge is -2.20. The van der Waals surface area contributed by atoms with E-state index in [0.717, 1.165) is 33.5 Å². The molecule has 2 aromatic heterocycles. The Morgan fingerprint density at radius 1 is 1.16 bits per heavy atom. The number of aromatic nitrogens is 2. The first-order chi connectivity index (χ1) is 15.2. The van der Waals surface area contributed by atoms with Crippen LogP contribution in [0.3, 0.4) is 0 Å². The van der Waals surface area contributed by atoms with Crippen LogP contribution in [0.4, 0.5) is 0 Å². The van der Waals surface area contributed by atoms with Crippen molar-refractivity contribution in [2.24, 2.45) is 10.9 Å². The summed E-state index contributed by atoms with van der Waals surface area (Å²) in [5, 5.41) is 15.3. The molecule has 0 spiro atoms. The highest BCUT2D eigenvalue weighted by atomic mass is 16.3. The van der Waals surface area contributed by atoms with E-state index in [2.05, 4.69) is 21.4 Å². The summed E-state index contributed by atoms with van der Waals surface area (Å²) >= 11 is 0. The van der Waals surface area contributed by atoms with Crippen LogP contribution in [0.15, 0.2) is 53.3 Å². The van der Waals surface area contributed by atoms with Crippen LogP contribution in [0.1, 0.15) is 18.0 Å². The van der Waals surface area contributed by atoms with E-state index in [0.29, 0.717) is 23.3 Å². The van der Waals surface area contributed by atoms with Gasteiger partial charge >= 0.3 is 0 Å². The van der Waals surface area contributed by atoms with Gasteiger partial charge in [-0.1, -0.05) is 24.3 Å². The maximum atomic E-state index is 13.0. The van der Waals surface area contributed by atoms with Gasteiger partial charge in [0.15, 0.2) is 0 Å². The molecule has 2 aliphatic heterocycles. The molecule has 4 heterocycles. The van der Waals surface area contributed by atoms with Gasteiger partial charge in [0.1, 0.15) is 0 Å². The van der Waals surface area contributed by atoms with Crippen molar-refractivity contribution in [1.82, 2.24) is 14.9 Å². The number of aliphatic hydroxyl groups excluding tert-OH is 1. The molecule has 0 bridgehead atoms. The van der Waals surface area contributed by atoms with Crippen molar-refractivity contribution in [3.05, 3.63) is 64.4 Å². The van der Waals surface area contributed by atoms with Gasteiger partial charge in [0.05, 0.1) is 30.3 Å². The number of nitrogens with zero attached hydrogens (tertiary/aromatic N) is 2. The lowest BCUT2D eigenvalue weighted by atomic mass is 9.91. The molecule has 7 heteroatoms. The smallest absolute Gasteiger partial charge is 0.259 e. The molecule has 3 aliphatic rings. The van der Waals surface area contributed by atoms with E-state index in [1.165, 1.54) is 0 Å². The molecule has 3 N–H and O–H groups in total. The normalized spacial score (nSPS) is 22.5. The number of aliphatic hydroxyl groups is 1. The first kappa shape index (κ1) is 18.1. The number of nitrogens with one attached hydrogen (secondary N) is 2. The van der Waals surface area contributed by atoms with Gasteiger partial charge in [-0.2, -0.15) is 0 Å². The molecular weight excluding hydrogens is 392 g/mol. The molecule has 0 saturated carbocycles. The quantitative estimate of drug-likeness (QED) is 0.551. The van der Waals surface area contributed by atoms with Crippen LogP contribution >= 0.6 is 0 Å². The largest absolute Gasteiger partial charge is 0.396 e. The third-order valence-electron chi connectivity index (χ3n) is 6.52. The van der Waals surface area contributed by atoms with Crippen LogP contribution in [0.2, 0.25) is 0 Å². The molecule has 2 unspecified atom stereocenters. The summed E-state index contributed by atoms with van der Waals surface area (Å²) in [7, 11) is 0. The standard InChI is InChI=1S/C24H20N4O3/c29-12-14-6-5-13-7-8-28-19(11-25-9-16(14)22(13)28)21-20(23(30)27-24(21)31)17-10-26-18-4-2-1-3-15(17)18/h1-5,7-8,10-11,14,19,26,29H,6,9,12H2,(H,27,30,31). The Kier molecular flexibility index (Phi) is 3.88. The molecule has 1 aromatic carbocycles. The summed E-state index contributed by atoms with van der Waals surface area (Å²) in [6, 6.07) is 9.23. The zero-order valence-corrected chi connectivity index (χ0v) is 16.6. The fourth-order valence-electron chi connectivity index (χ4n) is 5.04. The van der Waals surface area contributed by atoms with Crippen molar-refractivity contribution >= 4 is 46.2 Å². The van der Waals surface area contributed by atoms with E-state index in [9.17, 15) is 14.7 Å². The van der Waals surface area contributed by atoms with Crippen molar-refractivity contribution in [2.75, 3.05) is 13.2 Å². The van der Waals surface area contributed by atoms with E-state index in [-0.39, 0.29) is 12.5 Å². The number of amides is 2. The Labute approximate surface area is 177 Å². The molecule has 0 fully saturated rings. The Morgan fingerprint density at radius 2 is 2.03 bits per heavy atom. The average molecular weight is 412 g/mol. The summed E-state index contributed by atoms with van der Waals surface area (Å²) in [6.07, 6.45) is 8.37. The number of H-pyrrole nitrogens is 1. The molecule has 0 radical (unpaired) electrons. The van der Waals surface area contributed by atoms with Crippen LogP contribution in [-0.4, -0.2) is 45.8 Å². The van der Waals surface area contributed by atoms with Gasteiger partial charge in [0.2, 0.25) is 0 Å². The van der Waals surface area contributed by atoms with Crippen molar-refractivity contribution in [1.29, 1.82) is 0 Å². The lowest BCUT2D eigenvalue weighted by molar-refractivity contribution is -0.123. The number of para-hydroxylation sites is 1. The third-order valence-corrected chi connectivity index (χ3v) is 6.52. The van der Waals surface area contributed by atoms with Crippen molar-refractivity contribution in [3.8, 4) is 0 Å². The molecule has 1 aliphatic carbocycles. The highest BCUT2D eigenvalue weighted by molar-refractivity contribution is 6.38. The number of imide groups is 1. The van der Waals surface area contributed by atoms with Crippen LogP contribution in [0.5, 0.6) is 0 Å². The van der Waals surface area contributed by atoms with E-state index in [4.69, 9.17) is 0 Å². The Balaban J connectivity index is 1.63. The fourth-order valence-corrected chi connectivity index (χ4v) is 5.04. The minimum atomic E-state index is -0.512. The van der Waals surface area contributed by atoms with Gasteiger partial charge in [-0.3, -0.25) is 19.9 Å². The zero-order chi connectivity index (χ0) is 21.1. The van der Waals surface area contributed by atoms with Gasteiger partial charge in [0.25, 0.3) is 11.8 Å². The maximum Gasteiger partial charge on any atom is 0.259 e. The highest BCUT2D eigenvalue weighted by Crippen LogP contribution is 2.35. The third kappa shape index (κ3) is 2.53. The first-order valence-corrected chi connectivity index (χ1v) is 10.3. The van der Waals surface area contributed by atoms with Crippen molar-refractivity contribution in [3.63, 3.8) is 0 Å². The second-order valence-corrected chi connectivity index (χ2v) is 8.13. The fraction of sp³-hybridized carbons (Fsp3) is 0.208. The van der Waals surface area contributed by atoms with Crippen LogP contribution < -0.4 is 15.9 Å². The minimum Gasteiger partial charge on any atom is -0.396 e. The monoisotopic (exact) mass is 412 g/mol. The Bertz CT molecular complexity index is 1450. The van der Waals surface area contributed by atoms with Crippen LogP contribution in [-0.2, 0) is 9.59 Å². The number of hydrogen-bond acceptors (Lipinski definition) is 4.